The van der Waals surface area contributed by atoms with Gasteiger partial charge in [-0.15, -0.1) is 0 Å². The van der Waals surface area contributed by atoms with Crippen LogP contribution in [0.5, 0.6) is 0 Å². The minimum atomic E-state index is 0.00834. The van der Waals surface area contributed by atoms with Crippen LogP contribution in [0.4, 0.5) is 11.6 Å². The Morgan fingerprint density at radius 1 is 1.60 bits per heavy atom. The predicted molar refractivity (Wildman–Crippen MR) is 63.2 cm³/mol. The van der Waals surface area contributed by atoms with Crippen LogP contribution in [0, 0.1) is 0 Å². The van der Waals surface area contributed by atoms with Crippen molar-refractivity contribution < 1.29 is 5.11 Å². The van der Waals surface area contributed by atoms with Crippen LogP contribution < -0.4 is 10.6 Å². The summed E-state index contributed by atoms with van der Waals surface area (Å²) in [5.74, 6) is 1.18. The van der Waals surface area contributed by atoms with Crippen LogP contribution in [-0.4, -0.2) is 41.0 Å². The van der Waals surface area contributed by atoms with Gasteiger partial charge in [0.1, 0.15) is 11.6 Å². The Hall–Kier alpha value is -1.01. The lowest BCUT2D eigenvalue weighted by Gasteiger charge is -2.24. The molecule has 15 heavy (non-hydrogen) atoms. The van der Waals surface area contributed by atoms with Gasteiger partial charge in [0.15, 0.2) is 5.16 Å². The highest BCUT2D eigenvalue weighted by Gasteiger charge is 2.11. The number of aliphatic hydroxyl groups is 1. The van der Waals surface area contributed by atoms with Crippen molar-refractivity contribution in [2.24, 2.45) is 0 Å². The number of aliphatic hydroxyl groups excluding tert-OH is 1. The molecule has 0 fully saturated rings. The van der Waals surface area contributed by atoms with E-state index in [0.29, 0.717) is 11.0 Å². The first kappa shape index (κ1) is 12.1. The molecule has 1 unspecified atom stereocenters. The first-order chi connectivity index (χ1) is 7.08. The van der Waals surface area contributed by atoms with Gasteiger partial charge < -0.3 is 15.7 Å². The number of hydrogen-bond donors (Lipinski definition) is 2. The zero-order chi connectivity index (χ0) is 11.4. The molecule has 5 nitrogen and oxygen atoms in total. The Morgan fingerprint density at radius 2 is 2.27 bits per heavy atom. The lowest BCUT2D eigenvalue weighted by molar-refractivity contribution is 0.269. The fraction of sp³-hybridized carbons (Fsp3) is 0.556. The number of anilines is 2. The average molecular weight is 228 g/mol. The molecular formula is C9H16N4OS. The lowest BCUT2D eigenvalue weighted by Crippen LogP contribution is -2.32. The molecule has 3 N–H and O–H groups in total. The standard InChI is InChI=1S/C9H16N4OS/c1-6(5-14)13(2)8-4-7(10)11-9(12-8)15-3/h4,6,14H,5H2,1-3H3,(H2,10,11,12). The molecule has 0 spiro atoms. The number of nitrogen functional groups attached to an aromatic ring is 1. The molecule has 1 aromatic heterocycles. The number of hydrogen-bond acceptors (Lipinski definition) is 6. The summed E-state index contributed by atoms with van der Waals surface area (Å²) < 4.78 is 0. The van der Waals surface area contributed by atoms with Gasteiger partial charge in [-0.2, -0.15) is 0 Å². The second-order valence-electron chi connectivity index (χ2n) is 3.28. The molecule has 0 aliphatic rings. The Bertz CT molecular complexity index is 334. The van der Waals surface area contributed by atoms with E-state index in [4.69, 9.17) is 10.8 Å². The summed E-state index contributed by atoms with van der Waals surface area (Å²) in [5.41, 5.74) is 5.66. The summed E-state index contributed by atoms with van der Waals surface area (Å²) in [7, 11) is 1.87. The van der Waals surface area contributed by atoms with E-state index >= 15 is 0 Å². The fourth-order valence-electron chi connectivity index (χ4n) is 1.05. The van der Waals surface area contributed by atoms with Crippen LogP contribution in [0.3, 0.4) is 0 Å². The maximum Gasteiger partial charge on any atom is 0.191 e. The van der Waals surface area contributed by atoms with Gasteiger partial charge in [-0.25, -0.2) is 9.97 Å². The number of likely N-dealkylation sites (N-methyl/N-ethyl adjacent to an activating group) is 1. The van der Waals surface area contributed by atoms with E-state index in [2.05, 4.69) is 9.97 Å². The van der Waals surface area contributed by atoms with Crippen molar-refractivity contribution in [3.8, 4) is 0 Å². The zero-order valence-electron chi connectivity index (χ0n) is 9.14. The predicted octanol–water partition coefficient (Wildman–Crippen LogP) is 0.598. The molecule has 0 saturated heterocycles. The summed E-state index contributed by atoms with van der Waals surface area (Å²) in [6, 6.07) is 1.71. The molecule has 0 amide bonds. The van der Waals surface area contributed by atoms with Gasteiger partial charge in [-0.1, -0.05) is 11.8 Å². The largest absolute Gasteiger partial charge is 0.394 e. The Labute approximate surface area is 93.7 Å². The van der Waals surface area contributed by atoms with Crippen molar-refractivity contribution in [2.75, 3.05) is 30.5 Å². The average Bonchev–Trinajstić information content (AvgIpc) is 2.26. The summed E-state index contributed by atoms with van der Waals surface area (Å²) in [5, 5.41) is 9.68. The van der Waals surface area contributed by atoms with E-state index in [1.54, 1.807) is 6.07 Å². The lowest BCUT2D eigenvalue weighted by atomic mass is 10.3. The van der Waals surface area contributed by atoms with Crippen molar-refractivity contribution in [1.29, 1.82) is 0 Å². The monoisotopic (exact) mass is 228 g/mol. The highest BCUT2D eigenvalue weighted by molar-refractivity contribution is 7.98. The SMILES string of the molecule is CSc1nc(N)cc(N(C)C(C)CO)n1. The molecular weight excluding hydrogens is 212 g/mol. The van der Waals surface area contributed by atoms with Crippen LogP contribution >= 0.6 is 11.8 Å². The third-order valence-electron chi connectivity index (χ3n) is 2.18. The summed E-state index contributed by atoms with van der Waals surface area (Å²) in [4.78, 5) is 10.2. The molecule has 1 heterocycles. The van der Waals surface area contributed by atoms with Crippen LogP contribution in [0.1, 0.15) is 6.92 Å². The number of nitrogens with two attached hydrogens (primary N) is 1. The molecule has 0 aromatic carbocycles. The van der Waals surface area contributed by atoms with Crippen molar-refractivity contribution in [3.63, 3.8) is 0 Å². The second-order valence-corrected chi connectivity index (χ2v) is 4.05. The Balaban J connectivity index is 2.97. The molecule has 6 heteroatoms. The molecule has 84 valence electrons. The van der Waals surface area contributed by atoms with Gasteiger partial charge in [0, 0.05) is 13.1 Å². The van der Waals surface area contributed by atoms with Gasteiger partial charge in [0.2, 0.25) is 0 Å². The normalized spacial score (nSPS) is 12.5. The van der Waals surface area contributed by atoms with Gasteiger partial charge in [-0.05, 0) is 13.2 Å². The molecule has 0 saturated carbocycles. The van der Waals surface area contributed by atoms with Gasteiger partial charge in [-0.3, -0.25) is 0 Å². The summed E-state index contributed by atoms with van der Waals surface area (Å²) in [6.45, 7) is 1.99. The van der Waals surface area contributed by atoms with Gasteiger partial charge >= 0.3 is 0 Å². The minimum absolute atomic E-state index is 0.00834. The number of thioether (sulfide) groups is 1. The molecule has 0 radical (unpaired) electrons. The first-order valence-corrected chi connectivity index (χ1v) is 5.83. The van der Waals surface area contributed by atoms with Crippen molar-refractivity contribution in [1.82, 2.24) is 9.97 Å². The first-order valence-electron chi connectivity index (χ1n) is 4.60. The maximum atomic E-state index is 9.04. The Kier molecular flexibility index (Phi) is 4.16. The van der Waals surface area contributed by atoms with Crippen LogP contribution in [-0.2, 0) is 0 Å². The highest BCUT2D eigenvalue weighted by Crippen LogP contribution is 2.19. The van der Waals surface area contributed by atoms with Gasteiger partial charge in [0.05, 0.1) is 12.6 Å². The van der Waals surface area contributed by atoms with E-state index < -0.39 is 0 Å². The van der Waals surface area contributed by atoms with Crippen molar-refractivity contribution in [2.45, 2.75) is 18.1 Å². The third-order valence-corrected chi connectivity index (χ3v) is 2.73. The molecule has 0 aliphatic carbocycles. The third kappa shape index (κ3) is 2.97. The van der Waals surface area contributed by atoms with E-state index in [9.17, 15) is 0 Å². The smallest absolute Gasteiger partial charge is 0.191 e. The zero-order valence-corrected chi connectivity index (χ0v) is 9.95. The quantitative estimate of drug-likeness (QED) is 0.580. The summed E-state index contributed by atoms with van der Waals surface area (Å²) in [6.07, 6.45) is 1.90. The maximum absolute atomic E-state index is 9.04. The highest BCUT2D eigenvalue weighted by atomic mass is 32.2. The molecule has 1 rings (SSSR count). The number of aromatic nitrogens is 2. The topological polar surface area (TPSA) is 75.3 Å². The second kappa shape index (κ2) is 5.18. The molecule has 1 atom stereocenters. The molecule has 0 aliphatic heterocycles. The van der Waals surface area contributed by atoms with Crippen LogP contribution in [0.15, 0.2) is 11.2 Å². The Morgan fingerprint density at radius 3 is 2.80 bits per heavy atom. The van der Waals surface area contributed by atoms with E-state index in [1.165, 1.54) is 11.8 Å². The minimum Gasteiger partial charge on any atom is -0.394 e. The molecule has 1 aromatic rings. The van der Waals surface area contributed by atoms with Crippen LogP contribution in [0.25, 0.3) is 0 Å². The van der Waals surface area contributed by atoms with Crippen molar-refractivity contribution in [3.05, 3.63) is 6.07 Å². The summed E-state index contributed by atoms with van der Waals surface area (Å²) >= 11 is 1.44. The van der Waals surface area contributed by atoms with E-state index in [0.717, 1.165) is 5.82 Å². The van der Waals surface area contributed by atoms with Crippen LogP contribution in [0.2, 0.25) is 0 Å². The number of rotatable bonds is 4. The number of nitrogens with zero attached hydrogens (tertiary/aromatic N) is 3. The fourth-order valence-corrected chi connectivity index (χ4v) is 1.43. The molecule has 0 bridgehead atoms. The van der Waals surface area contributed by atoms with E-state index in [1.807, 2.05) is 25.1 Å². The van der Waals surface area contributed by atoms with Gasteiger partial charge in [0.25, 0.3) is 0 Å². The van der Waals surface area contributed by atoms with Crippen molar-refractivity contribution >= 4 is 23.4 Å². The van der Waals surface area contributed by atoms with E-state index in [-0.39, 0.29) is 12.6 Å².